The maximum atomic E-state index is 10.3. The standard InChI is InChI=1S/C22H33N3O4/c1-16-20(17(2)29-24-16)15-28-21-8-7-18(11-22(21)27-3)12-23-13-19(26)14-25-9-5-4-6-10-25/h7-8,11,19,23,26H,4-6,9-10,12-15H2,1-3H3. The van der Waals surface area contributed by atoms with Gasteiger partial charge in [0.25, 0.3) is 0 Å². The molecule has 1 aromatic heterocycles. The van der Waals surface area contributed by atoms with E-state index < -0.39 is 0 Å². The largest absolute Gasteiger partial charge is 0.493 e. The van der Waals surface area contributed by atoms with Crippen molar-refractivity contribution in [3.63, 3.8) is 0 Å². The van der Waals surface area contributed by atoms with Crippen LogP contribution >= 0.6 is 0 Å². The van der Waals surface area contributed by atoms with Gasteiger partial charge in [0.2, 0.25) is 0 Å². The number of rotatable bonds is 10. The van der Waals surface area contributed by atoms with Crippen molar-refractivity contribution in [2.45, 2.75) is 52.4 Å². The number of benzene rings is 1. The maximum Gasteiger partial charge on any atom is 0.161 e. The number of methoxy groups -OCH3 is 1. The van der Waals surface area contributed by atoms with Crippen LogP contribution in [0, 0.1) is 13.8 Å². The molecule has 1 aliphatic rings. The lowest BCUT2D eigenvalue weighted by Gasteiger charge is -2.28. The van der Waals surface area contributed by atoms with Gasteiger partial charge >= 0.3 is 0 Å². The number of nitrogens with zero attached hydrogens (tertiary/aromatic N) is 2. The normalized spacial score (nSPS) is 16.0. The number of hydrogen-bond donors (Lipinski definition) is 2. The van der Waals surface area contributed by atoms with E-state index in [1.54, 1.807) is 7.11 Å². The molecular weight excluding hydrogens is 370 g/mol. The summed E-state index contributed by atoms with van der Waals surface area (Å²) in [5, 5.41) is 17.6. The summed E-state index contributed by atoms with van der Waals surface area (Å²) in [4.78, 5) is 2.35. The Hall–Kier alpha value is -2.09. The maximum absolute atomic E-state index is 10.3. The monoisotopic (exact) mass is 403 g/mol. The summed E-state index contributed by atoms with van der Waals surface area (Å²) in [6.45, 7) is 8.35. The molecule has 7 heteroatoms. The second-order valence-corrected chi connectivity index (χ2v) is 7.72. The van der Waals surface area contributed by atoms with Gasteiger partial charge < -0.3 is 29.3 Å². The van der Waals surface area contributed by atoms with Crippen molar-refractivity contribution in [3.05, 3.63) is 40.8 Å². The summed E-state index contributed by atoms with van der Waals surface area (Å²) in [5.74, 6) is 2.14. The van der Waals surface area contributed by atoms with Gasteiger partial charge in [-0.05, 0) is 57.5 Å². The van der Waals surface area contributed by atoms with Crippen LogP contribution in [-0.4, -0.2) is 54.6 Å². The number of piperidine rings is 1. The zero-order valence-electron chi connectivity index (χ0n) is 17.7. The van der Waals surface area contributed by atoms with Gasteiger partial charge in [0.1, 0.15) is 12.4 Å². The Morgan fingerprint density at radius 2 is 2.00 bits per heavy atom. The van der Waals surface area contributed by atoms with E-state index in [9.17, 15) is 5.11 Å². The third-order valence-corrected chi connectivity index (χ3v) is 5.41. The topological polar surface area (TPSA) is 80.0 Å². The first-order chi connectivity index (χ1) is 14.1. The van der Waals surface area contributed by atoms with E-state index in [-0.39, 0.29) is 6.10 Å². The van der Waals surface area contributed by atoms with Crippen LogP contribution < -0.4 is 14.8 Å². The predicted molar refractivity (Wildman–Crippen MR) is 111 cm³/mol. The van der Waals surface area contributed by atoms with Crippen LogP contribution in [-0.2, 0) is 13.2 Å². The molecule has 29 heavy (non-hydrogen) atoms. The summed E-state index contributed by atoms with van der Waals surface area (Å²) in [6.07, 6.45) is 3.44. The SMILES string of the molecule is COc1cc(CNCC(O)CN2CCCCC2)ccc1OCc1c(C)noc1C. The Bertz CT molecular complexity index is 752. The molecule has 1 atom stereocenters. The highest BCUT2D eigenvalue weighted by Gasteiger charge is 2.15. The first-order valence-corrected chi connectivity index (χ1v) is 10.4. The fourth-order valence-corrected chi connectivity index (χ4v) is 3.69. The second kappa shape index (κ2) is 10.6. The molecule has 3 rings (SSSR count). The Kier molecular flexibility index (Phi) is 7.91. The Morgan fingerprint density at radius 3 is 2.69 bits per heavy atom. The first-order valence-electron chi connectivity index (χ1n) is 10.4. The molecule has 1 aliphatic heterocycles. The molecule has 2 heterocycles. The van der Waals surface area contributed by atoms with Gasteiger partial charge in [-0.2, -0.15) is 0 Å². The lowest BCUT2D eigenvalue weighted by Crippen LogP contribution is -2.40. The number of aromatic nitrogens is 1. The van der Waals surface area contributed by atoms with Crippen molar-refractivity contribution >= 4 is 0 Å². The van der Waals surface area contributed by atoms with Crippen molar-refractivity contribution < 1.29 is 19.1 Å². The highest BCUT2D eigenvalue weighted by atomic mass is 16.5. The molecule has 0 aliphatic carbocycles. The minimum absolute atomic E-state index is 0.354. The Labute approximate surface area is 173 Å². The average molecular weight is 404 g/mol. The molecule has 2 aromatic rings. The number of aliphatic hydroxyl groups excluding tert-OH is 1. The Morgan fingerprint density at radius 1 is 1.21 bits per heavy atom. The van der Waals surface area contributed by atoms with Crippen LogP contribution in [0.15, 0.2) is 22.7 Å². The predicted octanol–water partition coefficient (Wildman–Crippen LogP) is 2.82. The molecule has 1 unspecified atom stereocenters. The molecule has 1 aromatic carbocycles. The van der Waals surface area contributed by atoms with E-state index in [2.05, 4.69) is 15.4 Å². The van der Waals surface area contributed by atoms with Gasteiger partial charge in [-0.1, -0.05) is 17.6 Å². The average Bonchev–Trinajstić information content (AvgIpc) is 3.05. The van der Waals surface area contributed by atoms with E-state index >= 15 is 0 Å². The number of β-amino-alcohol motifs (C(OH)–C–C–N with tert-alkyl or cyclic N) is 1. The fourth-order valence-electron chi connectivity index (χ4n) is 3.69. The summed E-state index contributed by atoms with van der Waals surface area (Å²) in [5.41, 5.74) is 2.88. The van der Waals surface area contributed by atoms with Gasteiger partial charge in [0.15, 0.2) is 11.5 Å². The van der Waals surface area contributed by atoms with Crippen LogP contribution in [0.2, 0.25) is 0 Å². The lowest BCUT2D eigenvalue weighted by molar-refractivity contribution is 0.1000. The highest BCUT2D eigenvalue weighted by Crippen LogP contribution is 2.29. The highest BCUT2D eigenvalue weighted by molar-refractivity contribution is 5.43. The zero-order valence-corrected chi connectivity index (χ0v) is 17.7. The molecule has 1 saturated heterocycles. The van der Waals surface area contributed by atoms with E-state index in [0.717, 1.165) is 42.2 Å². The fraction of sp³-hybridized carbons (Fsp3) is 0.591. The van der Waals surface area contributed by atoms with Gasteiger partial charge in [-0.25, -0.2) is 0 Å². The summed E-state index contributed by atoms with van der Waals surface area (Å²) < 4.78 is 16.6. The first kappa shape index (κ1) is 21.6. The molecule has 0 radical (unpaired) electrons. The van der Waals surface area contributed by atoms with E-state index in [1.165, 1.54) is 19.3 Å². The van der Waals surface area contributed by atoms with Gasteiger partial charge in [-0.3, -0.25) is 0 Å². The molecule has 0 amide bonds. The minimum atomic E-state index is -0.354. The summed E-state index contributed by atoms with van der Waals surface area (Å²) in [6, 6.07) is 5.89. The van der Waals surface area contributed by atoms with Crippen LogP contribution in [0.5, 0.6) is 11.5 Å². The lowest BCUT2D eigenvalue weighted by atomic mass is 10.1. The van der Waals surface area contributed by atoms with Gasteiger partial charge in [-0.15, -0.1) is 0 Å². The van der Waals surface area contributed by atoms with Gasteiger partial charge in [0.05, 0.1) is 24.5 Å². The van der Waals surface area contributed by atoms with Gasteiger partial charge in [0, 0.05) is 19.6 Å². The quantitative estimate of drug-likeness (QED) is 0.631. The molecular formula is C22H33N3O4. The van der Waals surface area contributed by atoms with E-state index in [1.807, 2.05) is 32.0 Å². The van der Waals surface area contributed by atoms with Crippen LogP contribution in [0.1, 0.15) is 41.8 Å². The van der Waals surface area contributed by atoms with Crippen molar-refractivity contribution in [1.82, 2.24) is 15.4 Å². The summed E-state index contributed by atoms with van der Waals surface area (Å²) in [7, 11) is 1.64. The number of likely N-dealkylation sites (tertiary alicyclic amines) is 1. The minimum Gasteiger partial charge on any atom is -0.493 e. The van der Waals surface area contributed by atoms with Crippen molar-refractivity contribution in [2.75, 3.05) is 33.3 Å². The third-order valence-electron chi connectivity index (χ3n) is 5.41. The third kappa shape index (κ3) is 6.19. The van der Waals surface area contributed by atoms with Crippen LogP contribution in [0.4, 0.5) is 0 Å². The van der Waals surface area contributed by atoms with Crippen molar-refractivity contribution in [2.24, 2.45) is 0 Å². The molecule has 1 fully saturated rings. The van der Waals surface area contributed by atoms with E-state index in [0.29, 0.717) is 31.2 Å². The number of ether oxygens (including phenoxy) is 2. The van der Waals surface area contributed by atoms with Crippen LogP contribution in [0.25, 0.3) is 0 Å². The number of aliphatic hydroxyl groups is 1. The number of nitrogens with one attached hydrogen (secondary N) is 1. The number of aryl methyl sites for hydroxylation is 2. The Balaban J connectivity index is 1.47. The zero-order chi connectivity index (χ0) is 20.6. The van der Waals surface area contributed by atoms with Crippen molar-refractivity contribution in [3.8, 4) is 11.5 Å². The molecule has 160 valence electrons. The van der Waals surface area contributed by atoms with Crippen LogP contribution in [0.3, 0.4) is 0 Å². The van der Waals surface area contributed by atoms with E-state index in [4.69, 9.17) is 14.0 Å². The van der Waals surface area contributed by atoms with Crippen molar-refractivity contribution in [1.29, 1.82) is 0 Å². The smallest absolute Gasteiger partial charge is 0.161 e. The molecule has 7 nitrogen and oxygen atoms in total. The molecule has 0 bridgehead atoms. The molecule has 0 spiro atoms. The number of hydrogen-bond acceptors (Lipinski definition) is 7. The summed E-state index contributed by atoms with van der Waals surface area (Å²) >= 11 is 0. The second-order valence-electron chi connectivity index (χ2n) is 7.72. The molecule has 2 N–H and O–H groups in total. The molecule has 0 saturated carbocycles.